The maximum absolute atomic E-state index is 12.6. The average molecular weight is 520 g/mol. The van der Waals surface area contributed by atoms with Crippen LogP contribution in [-0.4, -0.2) is 46.2 Å². The molecule has 0 aliphatic heterocycles. The van der Waals surface area contributed by atoms with E-state index in [2.05, 4.69) is 0 Å². The molecule has 0 heterocycles. The molecule has 0 aliphatic rings. The minimum Gasteiger partial charge on any atom is -0.478 e. The Kier molecular flexibility index (Phi) is 8.87. The lowest BCUT2D eigenvalue weighted by atomic mass is 9.97. The van der Waals surface area contributed by atoms with Crippen LogP contribution in [0.15, 0.2) is 72.8 Å². The molecule has 12 heteroatoms. The average Bonchev–Trinajstić information content (AvgIpc) is 2.91. The molecule has 0 unspecified atom stereocenters. The summed E-state index contributed by atoms with van der Waals surface area (Å²) in [6.45, 7) is -0.378. The molecule has 0 radical (unpaired) electrons. The largest absolute Gasteiger partial charge is 0.478 e. The third-order valence-electron chi connectivity index (χ3n) is 4.96. The van der Waals surface area contributed by atoms with E-state index >= 15 is 0 Å². The van der Waals surface area contributed by atoms with Crippen LogP contribution in [0.5, 0.6) is 0 Å². The number of carbonyl (C=O) groups excluding carboxylic acids is 4. The van der Waals surface area contributed by atoms with Gasteiger partial charge in [-0.15, -0.1) is 0 Å². The molecule has 38 heavy (non-hydrogen) atoms. The molecule has 0 bridgehead atoms. The summed E-state index contributed by atoms with van der Waals surface area (Å²) in [5.74, 6) is -5.97. The summed E-state index contributed by atoms with van der Waals surface area (Å²) in [4.78, 5) is 72.8. The first-order chi connectivity index (χ1) is 18.2. The first-order valence-corrected chi connectivity index (χ1v) is 10.8. The van der Waals surface area contributed by atoms with Crippen LogP contribution >= 0.6 is 0 Å². The van der Waals surface area contributed by atoms with Gasteiger partial charge in [0.15, 0.2) is 0 Å². The number of nitrogens with one attached hydrogen (secondary N) is 2. The minimum absolute atomic E-state index is 0.189. The van der Waals surface area contributed by atoms with Gasteiger partial charge in [-0.2, -0.15) is 0 Å². The molecule has 3 aromatic carbocycles. The number of carboxylic acids is 2. The molecular weight excluding hydrogens is 500 g/mol. The van der Waals surface area contributed by atoms with E-state index in [1.807, 2.05) is 10.6 Å². The van der Waals surface area contributed by atoms with Crippen molar-refractivity contribution in [1.82, 2.24) is 10.6 Å². The van der Waals surface area contributed by atoms with Gasteiger partial charge in [0.05, 0.1) is 22.3 Å². The summed E-state index contributed by atoms with van der Waals surface area (Å²) in [6, 6.07) is 18.2. The van der Waals surface area contributed by atoms with Gasteiger partial charge >= 0.3 is 24.1 Å². The van der Waals surface area contributed by atoms with Crippen molar-refractivity contribution in [3.8, 4) is 0 Å². The fourth-order valence-electron chi connectivity index (χ4n) is 3.17. The summed E-state index contributed by atoms with van der Waals surface area (Å²) < 4.78 is 9.82. The first-order valence-electron chi connectivity index (χ1n) is 10.8. The Labute approximate surface area is 214 Å². The van der Waals surface area contributed by atoms with Crippen molar-refractivity contribution in [2.24, 2.45) is 0 Å². The lowest BCUT2D eigenvalue weighted by Crippen LogP contribution is -2.34. The number of carbonyl (C=O) groups is 6. The highest BCUT2D eigenvalue weighted by Crippen LogP contribution is 2.19. The number of hydrogen-bond acceptors (Lipinski definition) is 8. The molecule has 0 spiro atoms. The lowest BCUT2D eigenvalue weighted by Gasteiger charge is -2.13. The Balaban J connectivity index is 1.77. The van der Waals surface area contributed by atoms with E-state index in [1.54, 1.807) is 60.7 Å². The maximum atomic E-state index is 12.6. The number of alkyl carbamates (subject to hydrolysis) is 2. The molecule has 4 amide bonds. The summed E-state index contributed by atoms with van der Waals surface area (Å²) in [5, 5.41) is 22.7. The SMILES string of the molecule is O=C(NC(=O)c1cc(C(=O)O)c(C(=O)NC(=O)OCc2ccccc2)cc1C(=O)O)OCc1ccccc1. The third-order valence-corrected chi connectivity index (χ3v) is 4.96. The zero-order valence-electron chi connectivity index (χ0n) is 19.5. The Morgan fingerprint density at radius 2 is 0.895 bits per heavy atom. The smallest absolute Gasteiger partial charge is 0.414 e. The summed E-state index contributed by atoms with van der Waals surface area (Å²) in [7, 11) is 0. The molecule has 194 valence electrons. The van der Waals surface area contributed by atoms with Crippen LogP contribution in [0, 0.1) is 0 Å². The van der Waals surface area contributed by atoms with E-state index < -0.39 is 58.2 Å². The molecular formula is C26H20N2O10. The number of rotatable bonds is 8. The van der Waals surface area contributed by atoms with Crippen molar-refractivity contribution >= 4 is 35.9 Å². The van der Waals surface area contributed by atoms with Crippen LogP contribution in [0.1, 0.15) is 52.6 Å². The number of ether oxygens (including phenoxy) is 2. The van der Waals surface area contributed by atoms with Crippen molar-refractivity contribution in [3.05, 3.63) is 106 Å². The quantitative estimate of drug-likeness (QED) is 0.344. The molecule has 0 saturated carbocycles. The van der Waals surface area contributed by atoms with Crippen molar-refractivity contribution in [3.63, 3.8) is 0 Å². The second kappa shape index (κ2) is 12.4. The van der Waals surface area contributed by atoms with Crippen LogP contribution in [0.2, 0.25) is 0 Å². The molecule has 0 aliphatic carbocycles. The molecule has 3 rings (SSSR count). The Morgan fingerprint density at radius 3 is 1.21 bits per heavy atom. The standard InChI is InChI=1S/C26H20N2O10/c29-21(27-25(35)37-13-15-7-3-1-4-8-15)17-11-20(24(33)34)18(12-19(17)23(31)32)22(30)28-26(36)38-14-16-9-5-2-6-10-16/h1-12H,13-14H2,(H,31,32)(H,33,34)(H,27,29,35)(H,28,30,36). The van der Waals surface area contributed by atoms with Crippen LogP contribution in [0.4, 0.5) is 9.59 Å². The highest BCUT2D eigenvalue weighted by Gasteiger charge is 2.27. The van der Waals surface area contributed by atoms with Crippen molar-refractivity contribution in [2.75, 3.05) is 0 Å². The number of aromatic carboxylic acids is 2. The fraction of sp³-hybridized carbons (Fsp3) is 0.0769. The van der Waals surface area contributed by atoms with Gasteiger partial charge in [-0.1, -0.05) is 60.7 Å². The number of hydrogen-bond donors (Lipinski definition) is 4. The van der Waals surface area contributed by atoms with E-state index in [4.69, 9.17) is 9.47 Å². The van der Waals surface area contributed by atoms with E-state index in [9.17, 15) is 39.0 Å². The maximum Gasteiger partial charge on any atom is 0.414 e. The lowest BCUT2D eigenvalue weighted by molar-refractivity contribution is 0.0674. The number of benzene rings is 3. The predicted molar refractivity (Wildman–Crippen MR) is 129 cm³/mol. The molecule has 12 nitrogen and oxygen atoms in total. The van der Waals surface area contributed by atoms with Gasteiger partial charge in [0.1, 0.15) is 13.2 Å². The predicted octanol–water partition coefficient (Wildman–Crippen LogP) is 3.22. The molecule has 0 fully saturated rings. The van der Waals surface area contributed by atoms with Crippen LogP contribution < -0.4 is 10.6 Å². The zero-order valence-corrected chi connectivity index (χ0v) is 19.5. The molecule has 0 aromatic heterocycles. The summed E-state index contributed by atoms with van der Waals surface area (Å²) in [6.07, 6.45) is -2.43. The van der Waals surface area contributed by atoms with Gasteiger partial charge in [-0.05, 0) is 23.3 Å². The Bertz CT molecular complexity index is 1280. The number of amides is 4. The van der Waals surface area contributed by atoms with Crippen LogP contribution in [0.3, 0.4) is 0 Å². The van der Waals surface area contributed by atoms with E-state index in [0.717, 1.165) is 0 Å². The van der Waals surface area contributed by atoms with Crippen molar-refractivity contribution in [1.29, 1.82) is 0 Å². The monoisotopic (exact) mass is 520 g/mol. The van der Waals surface area contributed by atoms with E-state index in [-0.39, 0.29) is 13.2 Å². The Hall–Kier alpha value is -5.52. The minimum atomic E-state index is -1.70. The van der Waals surface area contributed by atoms with Gasteiger partial charge in [0, 0.05) is 0 Å². The topological polar surface area (TPSA) is 185 Å². The van der Waals surface area contributed by atoms with E-state index in [1.165, 1.54) is 0 Å². The molecule has 0 saturated heterocycles. The van der Waals surface area contributed by atoms with Crippen molar-refractivity contribution in [2.45, 2.75) is 13.2 Å². The van der Waals surface area contributed by atoms with Gasteiger partial charge in [0.25, 0.3) is 11.8 Å². The summed E-state index contributed by atoms with van der Waals surface area (Å²) >= 11 is 0. The van der Waals surface area contributed by atoms with E-state index in [0.29, 0.717) is 23.3 Å². The molecule has 3 aromatic rings. The second-order valence-electron chi connectivity index (χ2n) is 7.59. The first kappa shape index (κ1) is 27.1. The van der Waals surface area contributed by atoms with Gasteiger partial charge in [-0.25, -0.2) is 19.2 Å². The number of imide groups is 2. The second-order valence-corrected chi connectivity index (χ2v) is 7.59. The highest BCUT2D eigenvalue weighted by atomic mass is 16.6. The van der Waals surface area contributed by atoms with Crippen LogP contribution in [-0.2, 0) is 22.7 Å². The zero-order chi connectivity index (χ0) is 27.7. The summed E-state index contributed by atoms with van der Waals surface area (Å²) in [5.41, 5.74) is -1.82. The Morgan fingerprint density at radius 1 is 0.553 bits per heavy atom. The molecule has 0 atom stereocenters. The van der Waals surface area contributed by atoms with Crippen LogP contribution in [0.25, 0.3) is 0 Å². The number of carboxylic acid groups (broad SMARTS) is 2. The van der Waals surface area contributed by atoms with Gasteiger partial charge in [0.2, 0.25) is 0 Å². The van der Waals surface area contributed by atoms with Crippen molar-refractivity contribution < 1.29 is 48.5 Å². The third kappa shape index (κ3) is 7.24. The van der Waals surface area contributed by atoms with Gasteiger partial charge < -0.3 is 19.7 Å². The van der Waals surface area contributed by atoms with Gasteiger partial charge in [-0.3, -0.25) is 20.2 Å². The normalized spacial score (nSPS) is 10.1. The fourth-order valence-corrected chi connectivity index (χ4v) is 3.17. The molecule has 4 N–H and O–H groups in total. The highest BCUT2D eigenvalue weighted by molar-refractivity contribution is 6.15.